The Kier molecular flexibility index (Phi) is 11.5. The van der Waals surface area contributed by atoms with Crippen molar-refractivity contribution in [3.63, 3.8) is 0 Å². The van der Waals surface area contributed by atoms with Gasteiger partial charge in [-0.25, -0.2) is 13.6 Å². The van der Waals surface area contributed by atoms with E-state index in [1.54, 1.807) is 26.0 Å². The first kappa shape index (κ1) is 36.9. The molecule has 0 aliphatic carbocycles. The van der Waals surface area contributed by atoms with Gasteiger partial charge in [0.15, 0.2) is 10.1 Å². The van der Waals surface area contributed by atoms with Gasteiger partial charge in [-0.2, -0.15) is 0 Å². The van der Waals surface area contributed by atoms with E-state index >= 15 is 0 Å². The number of hydrogen-bond donors (Lipinski definition) is 1. The number of rotatable bonds is 12. The average molecular weight is 731 g/mol. The van der Waals surface area contributed by atoms with E-state index in [0.29, 0.717) is 31.1 Å². The van der Waals surface area contributed by atoms with Crippen molar-refractivity contribution in [2.45, 2.75) is 70.2 Å². The van der Waals surface area contributed by atoms with Crippen LogP contribution in [0.1, 0.15) is 67.2 Å². The summed E-state index contributed by atoms with van der Waals surface area (Å²) in [5.41, 5.74) is -0.670. The van der Waals surface area contributed by atoms with E-state index in [0.717, 1.165) is 35.3 Å². The molecule has 1 aliphatic heterocycles. The summed E-state index contributed by atoms with van der Waals surface area (Å²) in [6.45, 7) is 7.31. The second kappa shape index (κ2) is 15.7. The zero-order valence-corrected chi connectivity index (χ0v) is 29.5. The maximum absolute atomic E-state index is 14.3. The molecule has 2 amide bonds. The molecule has 266 valence electrons. The summed E-state index contributed by atoms with van der Waals surface area (Å²) in [4.78, 5) is 42.8. The van der Waals surface area contributed by atoms with Crippen LogP contribution in [0.2, 0.25) is 0 Å². The fourth-order valence-corrected chi connectivity index (χ4v) is 6.30. The van der Waals surface area contributed by atoms with Crippen LogP contribution in [0.25, 0.3) is 10.6 Å². The Hall–Kier alpha value is -4.40. The summed E-state index contributed by atoms with van der Waals surface area (Å²) in [5, 5.41) is 10.4. The second-order valence-electron chi connectivity index (χ2n) is 12.6. The zero-order chi connectivity index (χ0) is 36.1. The quantitative estimate of drug-likeness (QED) is 0.158. The molecule has 1 fully saturated rings. The summed E-state index contributed by atoms with van der Waals surface area (Å²) in [7, 11) is 0. The van der Waals surface area contributed by atoms with E-state index in [-0.39, 0.29) is 47.2 Å². The molecule has 0 radical (unpaired) electrons. The highest BCUT2D eigenvalue weighted by Crippen LogP contribution is 2.30. The van der Waals surface area contributed by atoms with E-state index in [4.69, 9.17) is 30.2 Å². The predicted octanol–water partition coefficient (Wildman–Crippen LogP) is 6.71. The van der Waals surface area contributed by atoms with Gasteiger partial charge in [0.05, 0.1) is 11.1 Å². The molecule has 1 saturated heterocycles. The Morgan fingerprint density at radius 1 is 1.12 bits per heavy atom. The van der Waals surface area contributed by atoms with Gasteiger partial charge in [0.1, 0.15) is 29.5 Å². The number of alkyl carbamates (subject to hydrolysis) is 1. The number of hydrogen-bond acceptors (Lipinski definition) is 10. The lowest BCUT2D eigenvalue weighted by molar-refractivity contribution is 0.00892. The van der Waals surface area contributed by atoms with Crippen molar-refractivity contribution in [1.82, 2.24) is 20.4 Å². The molecule has 0 saturated carbocycles. The molecule has 2 aromatic carbocycles. The number of alkyl halides is 1. The highest BCUT2D eigenvalue weighted by Gasteiger charge is 2.41. The largest absolute Gasteiger partial charge is 0.481 e. The van der Waals surface area contributed by atoms with Gasteiger partial charge in [-0.15, -0.1) is 10.2 Å². The number of ether oxygens (including phenoxy) is 3. The SMILES string of the molecule is CC(C)N(CC1(NC(=O)OC(C)(C)Cl)CCOCC1)C(=O)c1occ(-c2nnc(Cc3ccc(F)cc3F)s2)c(=O)c1OCc1ccccc1. The Balaban J connectivity index is 1.48. The number of nitrogens with zero attached hydrogens (tertiary/aromatic N) is 3. The summed E-state index contributed by atoms with van der Waals surface area (Å²) in [6, 6.07) is 11.9. The lowest BCUT2D eigenvalue weighted by atomic mass is 9.89. The van der Waals surface area contributed by atoms with Gasteiger partial charge in [-0.3, -0.25) is 9.59 Å². The van der Waals surface area contributed by atoms with E-state index in [9.17, 15) is 23.2 Å². The van der Waals surface area contributed by atoms with Crippen LogP contribution in [0.3, 0.4) is 0 Å². The lowest BCUT2D eigenvalue weighted by Gasteiger charge is -2.42. The van der Waals surface area contributed by atoms with Crippen LogP contribution in [0.5, 0.6) is 5.75 Å². The molecule has 1 N–H and O–H groups in total. The third-order valence-electron chi connectivity index (χ3n) is 7.94. The van der Waals surface area contributed by atoms with Crippen molar-refractivity contribution in [1.29, 1.82) is 0 Å². The molecule has 0 spiro atoms. The van der Waals surface area contributed by atoms with E-state index in [2.05, 4.69) is 15.5 Å². The fourth-order valence-electron chi connectivity index (χ4n) is 5.36. The summed E-state index contributed by atoms with van der Waals surface area (Å²) >= 11 is 7.15. The molecule has 0 unspecified atom stereocenters. The highest BCUT2D eigenvalue weighted by atomic mass is 35.5. The first-order chi connectivity index (χ1) is 23.7. The summed E-state index contributed by atoms with van der Waals surface area (Å²) < 4.78 is 50.5. The minimum absolute atomic E-state index is 0.0157. The number of carbonyl (C=O) groups excluding carboxylic acids is 2. The fraction of sp³-hybridized carbons (Fsp3) is 0.400. The smallest absolute Gasteiger partial charge is 0.409 e. The number of halogens is 3. The molecule has 5 rings (SSSR count). The Morgan fingerprint density at radius 2 is 1.84 bits per heavy atom. The van der Waals surface area contributed by atoms with Gasteiger partial charge in [-0.1, -0.05) is 59.3 Å². The molecule has 3 heterocycles. The topological polar surface area (TPSA) is 133 Å². The Bertz CT molecular complexity index is 1870. The minimum atomic E-state index is -1.26. The standard InChI is InChI=1S/C35H37ClF2N4O7S/c1-21(2)42(20-35(12-14-46-15-13-35)39-33(45)49-34(3,4)36)32(44)30-29(47-18-22-8-6-5-7-9-22)28(43)25(19-48-30)31-41-40-27(50-31)16-23-10-11-24(37)17-26(23)38/h5-11,17,19,21H,12-16,18,20H2,1-4H3,(H,39,45). The second-order valence-corrected chi connectivity index (χ2v) is 14.6. The van der Waals surface area contributed by atoms with Crippen LogP contribution < -0.4 is 15.5 Å². The highest BCUT2D eigenvalue weighted by molar-refractivity contribution is 7.14. The molecule has 50 heavy (non-hydrogen) atoms. The summed E-state index contributed by atoms with van der Waals surface area (Å²) in [6.07, 6.45) is 1.15. The molecule has 1 aliphatic rings. The van der Waals surface area contributed by atoms with Crippen LogP contribution in [-0.2, 0) is 22.5 Å². The van der Waals surface area contributed by atoms with Crippen LogP contribution >= 0.6 is 22.9 Å². The monoisotopic (exact) mass is 730 g/mol. The maximum Gasteiger partial charge on any atom is 0.409 e. The minimum Gasteiger partial charge on any atom is -0.481 e. The number of benzene rings is 2. The van der Waals surface area contributed by atoms with Crippen LogP contribution in [0.15, 0.2) is 64.0 Å². The molecular formula is C35H37ClF2N4O7S. The molecule has 15 heteroatoms. The maximum atomic E-state index is 14.3. The van der Waals surface area contributed by atoms with Crippen molar-refractivity contribution < 1.29 is 37.0 Å². The molecule has 11 nitrogen and oxygen atoms in total. The molecular weight excluding hydrogens is 694 g/mol. The van der Waals surface area contributed by atoms with Crippen LogP contribution in [0.4, 0.5) is 13.6 Å². The zero-order valence-electron chi connectivity index (χ0n) is 28.0. The van der Waals surface area contributed by atoms with Gasteiger partial charge in [0, 0.05) is 38.3 Å². The van der Waals surface area contributed by atoms with Crippen molar-refractivity contribution in [3.8, 4) is 16.3 Å². The molecule has 4 aromatic rings. The van der Waals surface area contributed by atoms with E-state index in [1.165, 1.54) is 24.8 Å². The number of aromatic nitrogens is 2. The summed E-state index contributed by atoms with van der Waals surface area (Å²) in [5.74, 6) is -2.75. The van der Waals surface area contributed by atoms with Crippen molar-refractivity contribution >= 4 is 34.9 Å². The van der Waals surface area contributed by atoms with Crippen molar-refractivity contribution in [2.75, 3.05) is 19.8 Å². The van der Waals surface area contributed by atoms with Gasteiger partial charge in [0.2, 0.25) is 16.9 Å². The van der Waals surface area contributed by atoms with Gasteiger partial charge >= 0.3 is 6.09 Å². The van der Waals surface area contributed by atoms with Gasteiger partial charge < -0.3 is 28.8 Å². The van der Waals surface area contributed by atoms with Crippen LogP contribution in [0, 0.1) is 11.6 Å². The lowest BCUT2D eigenvalue weighted by Crippen LogP contribution is -2.60. The van der Waals surface area contributed by atoms with E-state index in [1.807, 2.05) is 18.2 Å². The first-order valence-electron chi connectivity index (χ1n) is 15.9. The molecule has 2 aromatic heterocycles. The van der Waals surface area contributed by atoms with Gasteiger partial charge in [-0.05, 0) is 57.7 Å². The number of nitrogens with one attached hydrogen (secondary N) is 1. The predicted molar refractivity (Wildman–Crippen MR) is 182 cm³/mol. The van der Waals surface area contributed by atoms with Crippen molar-refractivity contribution in [2.24, 2.45) is 0 Å². The molecule has 0 bridgehead atoms. The van der Waals surface area contributed by atoms with Gasteiger partial charge in [0.25, 0.3) is 5.91 Å². The Morgan fingerprint density at radius 3 is 2.50 bits per heavy atom. The first-order valence-corrected chi connectivity index (χ1v) is 17.1. The number of carbonyl (C=O) groups is 2. The van der Waals surface area contributed by atoms with Crippen molar-refractivity contribution in [3.05, 3.63) is 98.5 Å². The number of amides is 2. The third-order valence-corrected chi connectivity index (χ3v) is 8.97. The average Bonchev–Trinajstić information content (AvgIpc) is 3.52. The normalized spacial score (nSPS) is 14.3. The van der Waals surface area contributed by atoms with E-state index < -0.39 is 45.7 Å². The Labute approximate surface area is 296 Å². The van der Waals surface area contributed by atoms with Crippen LogP contribution in [-0.4, -0.2) is 63.5 Å². The third kappa shape index (κ3) is 9.23. The molecule has 0 atom stereocenters.